The summed E-state index contributed by atoms with van der Waals surface area (Å²) in [7, 11) is 0. The second-order valence-electron chi connectivity index (χ2n) is 5.43. The van der Waals surface area contributed by atoms with Crippen molar-refractivity contribution >= 4 is 15.9 Å². The molecule has 0 saturated heterocycles. The number of halogens is 1. The molecule has 0 fully saturated rings. The summed E-state index contributed by atoms with van der Waals surface area (Å²) in [6.07, 6.45) is 17.2. The molecule has 0 aromatic carbocycles. The summed E-state index contributed by atoms with van der Waals surface area (Å²) in [6.45, 7) is 4.58. The van der Waals surface area contributed by atoms with Crippen LogP contribution in [0.25, 0.3) is 0 Å². The molecule has 17 heavy (non-hydrogen) atoms. The van der Waals surface area contributed by atoms with E-state index in [0.717, 1.165) is 5.92 Å². The summed E-state index contributed by atoms with van der Waals surface area (Å²) < 4.78 is 0. The molecule has 1 heteroatoms. The molecule has 0 bridgehead atoms. The summed E-state index contributed by atoms with van der Waals surface area (Å²) >= 11 is 3.68. The summed E-state index contributed by atoms with van der Waals surface area (Å²) in [6, 6.07) is 0. The predicted octanol–water partition coefficient (Wildman–Crippen LogP) is 6.72. The quantitative estimate of drug-likeness (QED) is 0.262. The Morgan fingerprint density at radius 3 is 1.53 bits per heavy atom. The molecule has 0 spiro atoms. The molecule has 0 saturated carbocycles. The minimum atomic E-state index is 0.943. The van der Waals surface area contributed by atoms with Crippen LogP contribution >= 0.6 is 15.9 Å². The Labute approximate surface area is 118 Å². The summed E-state index contributed by atoms with van der Waals surface area (Å²) in [5, 5.41) is 1.22. The van der Waals surface area contributed by atoms with Gasteiger partial charge in [0.1, 0.15) is 0 Å². The van der Waals surface area contributed by atoms with Gasteiger partial charge in [0.25, 0.3) is 0 Å². The number of rotatable bonds is 13. The van der Waals surface area contributed by atoms with E-state index >= 15 is 0 Å². The molecule has 0 aromatic rings. The van der Waals surface area contributed by atoms with E-state index in [1.165, 1.54) is 82.4 Å². The molecular weight excluding hydrogens is 272 g/mol. The van der Waals surface area contributed by atoms with E-state index in [0.29, 0.717) is 0 Å². The van der Waals surface area contributed by atoms with Gasteiger partial charge in [0.2, 0.25) is 0 Å². The average molecular weight is 305 g/mol. The van der Waals surface area contributed by atoms with Gasteiger partial charge < -0.3 is 0 Å². The Morgan fingerprint density at radius 1 is 0.647 bits per heavy atom. The van der Waals surface area contributed by atoms with E-state index in [1.54, 1.807) is 0 Å². The Balaban J connectivity index is 3.28. The monoisotopic (exact) mass is 304 g/mol. The molecule has 1 atom stereocenters. The molecule has 0 aromatic heterocycles. The van der Waals surface area contributed by atoms with Crippen molar-refractivity contribution in [3.8, 4) is 0 Å². The van der Waals surface area contributed by atoms with Gasteiger partial charge in [0.15, 0.2) is 0 Å². The van der Waals surface area contributed by atoms with Crippen LogP contribution in [0, 0.1) is 5.92 Å². The maximum absolute atomic E-state index is 3.68. The highest BCUT2D eigenvalue weighted by molar-refractivity contribution is 9.09. The normalized spacial score (nSPS) is 12.9. The topological polar surface area (TPSA) is 0 Å². The Hall–Kier alpha value is 0.480. The average Bonchev–Trinajstić information content (AvgIpc) is 2.36. The first-order valence-electron chi connectivity index (χ1n) is 7.91. The molecule has 0 amide bonds. The number of unbranched alkanes of at least 4 members (excludes halogenated alkanes) is 8. The third-order valence-electron chi connectivity index (χ3n) is 3.65. The van der Waals surface area contributed by atoms with Crippen LogP contribution in [0.2, 0.25) is 0 Å². The molecule has 0 N–H and O–H groups in total. The van der Waals surface area contributed by atoms with Gasteiger partial charge in [-0.15, -0.1) is 0 Å². The van der Waals surface area contributed by atoms with Crippen LogP contribution in [0.5, 0.6) is 0 Å². The number of hydrogen-bond acceptors (Lipinski definition) is 0. The van der Waals surface area contributed by atoms with Crippen LogP contribution in [0.4, 0.5) is 0 Å². The van der Waals surface area contributed by atoms with Crippen molar-refractivity contribution in [1.29, 1.82) is 0 Å². The van der Waals surface area contributed by atoms with Crippen LogP contribution in [0.3, 0.4) is 0 Å². The van der Waals surface area contributed by atoms with E-state index in [-0.39, 0.29) is 0 Å². The fraction of sp³-hybridized carbons (Fsp3) is 1.00. The zero-order chi connectivity index (χ0) is 12.8. The minimum absolute atomic E-state index is 0.943. The molecule has 0 nitrogen and oxygen atoms in total. The van der Waals surface area contributed by atoms with E-state index in [9.17, 15) is 0 Å². The maximum atomic E-state index is 3.68. The molecule has 104 valence electrons. The zero-order valence-corrected chi connectivity index (χ0v) is 13.7. The largest absolute Gasteiger partial charge is 0.0925 e. The summed E-state index contributed by atoms with van der Waals surface area (Å²) in [4.78, 5) is 0. The van der Waals surface area contributed by atoms with Crippen LogP contribution in [-0.4, -0.2) is 5.33 Å². The highest BCUT2D eigenvalue weighted by Gasteiger charge is 2.06. The van der Waals surface area contributed by atoms with Crippen molar-refractivity contribution < 1.29 is 0 Å². The first-order valence-corrected chi connectivity index (χ1v) is 9.03. The molecule has 0 unspecified atom stereocenters. The SMILES string of the molecule is CCCCCCCC[C@H](CBr)CCCCCC. The fourth-order valence-corrected chi connectivity index (χ4v) is 3.02. The lowest BCUT2D eigenvalue weighted by molar-refractivity contribution is 0.442. The lowest BCUT2D eigenvalue weighted by Crippen LogP contribution is -2.02. The van der Waals surface area contributed by atoms with Crippen LogP contribution < -0.4 is 0 Å². The van der Waals surface area contributed by atoms with Gasteiger partial charge in [-0.05, 0) is 18.8 Å². The second kappa shape index (κ2) is 14.5. The van der Waals surface area contributed by atoms with Gasteiger partial charge in [0, 0.05) is 5.33 Å². The Morgan fingerprint density at radius 2 is 1.06 bits per heavy atom. The zero-order valence-electron chi connectivity index (χ0n) is 12.1. The van der Waals surface area contributed by atoms with Crippen molar-refractivity contribution in [3.63, 3.8) is 0 Å². The Bertz CT molecular complexity index is 133. The fourth-order valence-electron chi connectivity index (χ4n) is 2.37. The van der Waals surface area contributed by atoms with Crippen molar-refractivity contribution in [1.82, 2.24) is 0 Å². The van der Waals surface area contributed by atoms with Crippen molar-refractivity contribution in [2.45, 2.75) is 90.9 Å². The van der Waals surface area contributed by atoms with Crippen LogP contribution in [0.15, 0.2) is 0 Å². The third-order valence-corrected chi connectivity index (χ3v) is 4.57. The first kappa shape index (κ1) is 17.5. The van der Waals surface area contributed by atoms with E-state index in [1.807, 2.05) is 0 Å². The summed E-state index contributed by atoms with van der Waals surface area (Å²) in [5.41, 5.74) is 0. The Kier molecular flexibility index (Phi) is 15.0. The highest BCUT2D eigenvalue weighted by Crippen LogP contribution is 2.20. The lowest BCUT2D eigenvalue weighted by atomic mass is 9.96. The molecule has 0 aliphatic heterocycles. The number of alkyl halides is 1. The maximum Gasteiger partial charge on any atom is 0.00596 e. The van der Waals surface area contributed by atoms with Crippen molar-refractivity contribution in [2.24, 2.45) is 5.92 Å². The predicted molar refractivity (Wildman–Crippen MR) is 84.0 cm³/mol. The van der Waals surface area contributed by atoms with Gasteiger partial charge in [-0.25, -0.2) is 0 Å². The molecule has 0 aliphatic carbocycles. The standard InChI is InChI=1S/C16H33Br/c1-3-5-7-9-10-12-14-16(15-17)13-11-8-6-4-2/h16H,3-15H2,1-2H3/t16-/m1/s1. The number of hydrogen-bond donors (Lipinski definition) is 0. The summed E-state index contributed by atoms with van der Waals surface area (Å²) in [5.74, 6) is 0.943. The molecule has 0 heterocycles. The van der Waals surface area contributed by atoms with Crippen molar-refractivity contribution in [3.05, 3.63) is 0 Å². The van der Waals surface area contributed by atoms with Crippen LogP contribution in [-0.2, 0) is 0 Å². The lowest BCUT2D eigenvalue weighted by Gasteiger charge is -2.13. The minimum Gasteiger partial charge on any atom is -0.0925 e. The smallest absolute Gasteiger partial charge is 0.00596 e. The van der Waals surface area contributed by atoms with Crippen molar-refractivity contribution in [2.75, 3.05) is 5.33 Å². The molecular formula is C16H33Br. The molecule has 0 rings (SSSR count). The van der Waals surface area contributed by atoms with Gasteiger partial charge in [-0.1, -0.05) is 94.0 Å². The molecule has 0 aliphatic rings. The van der Waals surface area contributed by atoms with Gasteiger partial charge in [-0.3, -0.25) is 0 Å². The van der Waals surface area contributed by atoms with Crippen LogP contribution in [0.1, 0.15) is 90.9 Å². The second-order valence-corrected chi connectivity index (χ2v) is 6.07. The highest BCUT2D eigenvalue weighted by atomic mass is 79.9. The van der Waals surface area contributed by atoms with Gasteiger partial charge >= 0.3 is 0 Å². The van der Waals surface area contributed by atoms with Gasteiger partial charge in [-0.2, -0.15) is 0 Å². The van der Waals surface area contributed by atoms with E-state index < -0.39 is 0 Å². The first-order chi connectivity index (χ1) is 8.35. The molecule has 0 radical (unpaired) electrons. The third kappa shape index (κ3) is 12.7. The van der Waals surface area contributed by atoms with E-state index in [4.69, 9.17) is 0 Å². The van der Waals surface area contributed by atoms with Gasteiger partial charge in [0.05, 0.1) is 0 Å². The van der Waals surface area contributed by atoms with E-state index in [2.05, 4.69) is 29.8 Å².